The van der Waals surface area contributed by atoms with Gasteiger partial charge in [0, 0.05) is 5.75 Å². The summed E-state index contributed by atoms with van der Waals surface area (Å²) in [6.45, 7) is 3.40. The van der Waals surface area contributed by atoms with E-state index in [4.69, 9.17) is 22.5 Å². The molecule has 0 bridgehead atoms. The van der Waals surface area contributed by atoms with Gasteiger partial charge >= 0.3 is 5.05 Å². The summed E-state index contributed by atoms with van der Waals surface area (Å²) in [6.07, 6.45) is 1.60. The van der Waals surface area contributed by atoms with Crippen molar-refractivity contribution in [1.29, 1.82) is 0 Å². The van der Waals surface area contributed by atoms with Crippen molar-refractivity contribution in [2.24, 2.45) is 0 Å². The molecule has 0 radical (unpaired) electrons. The van der Waals surface area contributed by atoms with Crippen molar-refractivity contribution in [1.82, 2.24) is 0 Å². The van der Waals surface area contributed by atoms with Gasteiger partial charge < -0.3 is 0 Å². The van der Waals surface area contributed by atoms with Crippen molar-refractivity contribution in [3.63, 3.8) is 0 Å². The van der Waals surface area contributed by atoms with Gasteiger partial charge in [0.1, 0.15) is 0 Å². The van der Waals surface area contributed by atoms with Crippen molar-refractivity contribution in [3.8, 4) is 0 Å². The monoisotopic (exact) mass is 190 g/mol. The summed E-state index contributed by atoms with van der Waals surface area (Å²) in [5, 5.41) is -2.89. The van der Waals surface area contributed by atoms with Crippen LogP contribution in [-0.4, -0.2) is 5.75 Å². The Kier molecular flexibility index (Phi) is 4.27. The molecule has 0 aliphatic carbocycles. The Balaban J connectivity index is 3.40. The summed E-state index contributed by atoms with van der Waals surface area (Å²) < 4.78 is 10.4. The molecule has 0 aliphatic heterocycles. The average Bonchev–Trinajstić information content (AvgIpc) is 1.59. The van der Waals surface area contributed by atoms with E-state index in [9.17, 15) is 4.57 Å². The van der Waals surface area contributed by atoms with Crippen LogP contribution in [0.5, 0.6) is 0 Å². The summed E-state index contributed by atoms with van der Waals surface area (Å²) in [4.78, 5) is 0. The molecule has 0 spiro atoms. The molecule has 48 valence electrons. The van der Waals surface area contributed by atoms with E-state index >= 15 is 0 Å². The van der Waals surface area contributed by atoms with E-state index in [-0.39, 0.29) is 0 Å². The highest BCUT2D eigenvalue weighted by Crippen LogP contribution is 2.67. The second kappa shape index (κ2) is 3.84. The summed E-state index contributed by atoms with van der Waals surface area (Å²) >= 11 is 11.3. The zero-order valence-electron chi connectivity index (χ0n) is 4.01. The lowest BCUT2D eigenvalue weighted by molar-refractivity contribution is 0.600. The minimum Gasteiger partial charge on any atom is -0.277 e. The standard InChI is InChI=1S/C3H5Cl2OPS/c1-2-3-8-7(4,5)6/h2H,1,3H2. The van der Waals surface area contributed by atoms with Gasteiger partial charge in [0.25, 0.3) is 0 Å². The van der Waals surface area contributed by atoms with E-state index < -0.39 is 5.05 Å². The van der Waals surface area contributed by atoms with Crippen molar-refractivity contribution in [3.05, 3.63) is 12.7 Å². The third-order valence-electron chi connectivity index (χ3n) is 0.343. The van der Waals surface area contributed by atoms with E-state index in [0.717, 1.165) is 11.4 Å². The maximum Gasteiger partial charge on any atom is 0.307 e. The van der Waals surface area contributed by atoms with Gasteiger partial charge in [0.15, 0.2) is 0 Å². The molecular formula is C3H5Cl2OPS. The normalized spacial score (nSPS) is 11.2. The molecule has 0 atom stereocenters. The molecule has 0 saturated carbocycles. The molecule has 1 nitrogen and oxygen atoms in total. The van der Waals surface area contributed by atoms with Gasteiger partial charge in [0.05, 0.1) is 0 Å². The van der Waals surface area contributed by atoms with Crippen LogP contribution in [0.15, 0.2) is 12.7 Å². The first-order valence-corrected chi connectivity index (χ1v) is 6.92. The summed E-state index contributed by atoms with van der Waals surface area (Å²) in [5.74, 6) is 0.532. The Morgan fingerprint density at radius 3 is 2.38 bits per heavy atom. The van der Waals surface area contributed by atoms with Gasteiger partial charge in [0.2, 0.25) is 0 Å². The Labute approximate surface area is 62.1 Å². The zero-order chi connectivity index (χ0) is 6.62. The first-order chi connectivity index (χ1) is 3.56. The molecule has 0 rings (SSSR count). The fourth-order valence-corrected chi connectivity index (χ4v) is 2.27. The van der Waals surface area contributed by atoms with Crippen LogP contribution in [0.4, 0.5) is 0 Å². The van der Waals surface area contributed by atoms with Gasteiger partial charge in [-0.1, -0.05) is 17.5 Å². The Morgan fingerprint density at radius 2 is 2.25 bits per heavy atom. The van der Waals surface area contributed by atoms with E-state index in [1.165, 1.54) is 0 Å². The van der Waals surface area contributed by atoms with Crippen molar-refractivity contribution in [2.45, 2.75) is 0 Å². The molecule has 0 amide bonds. The summed E-state index contributed by atoms with van der Waals surface area (Å²) in [7, 11) is 0. The van der Waals surface area contributed by atoms with E-state index in [2.05, 4.69) is 6.58 Å². The minimum atomic E-state index is -2.89. The highest BCUT2D eigenvalue weighted by atomic mass is 35.9. The predicted octanol–water partition coefficient (Wildman–Crippen LogP) is 3.49. The molecule has 0 N–H and O–H groups in total. The average molecular weight is 191 g/mol. The van der Waals surface area contributed by atoms with Crippen LogP contribution in [0, 0.1) is 0 Å². The molecule has 0 saturated heterocycles. The minimum absolute atomic E-state index is 0.532. The van der Waals surface area contributed by atoms with Crippen molar-refractivity contribution < 1.29 is 4.57 Å². The maximum atomic E-state index is 10.4. The highest BCUT2D eigenvalue weighted by Gasteiger charge is 2.11. The van der Waals surface area contributed by atoms with Crippen LogP contribution < -0.4 is 0 Å². The Bertz CT molecular complexity index is 120. The molecule has 0 aromatic heterocycles. The van der Waals surface area contributed by atoms with Crippen LogP contribution in [0.3, 0.4) is 0 Å². The Hall–Kier alpha value is 0.900. The van der Waals surface area contributed by atoms with Gasteiger partial charge in [-0.15, -0.1) is 6.58 Å². The SMILES string of the molecule is C=CCSP(=O)(Cl)Cl. The molecule has 5 heteroatoms. The predicted molar refractivity (Wildman–Crippen MR) is 42.0 cm³/mol. The van der Waals surface area contributed by atoms with Crippen LogP contribution >= 0.6 is 38.9 Å². The second-order valence-electron chi connectivity index (χ2n) is 0.999. The van der Waals surface area contributed by atoms with Crippen molar-refractivity contribution >= 4 is 38.9 Å². The van der Waals surface area contributed by atoms with Crippen LogP contribution in [0.1, 0.15) is 0 Å². The quantitative estimate of drug-likeness (QED) is 0.501. The number of hydrogen-bond acceptors (Lipinski definition) is 2. The van der Waals surface area contributed by atoms with E-state index in [1.54, 1.807) is 6.08 Å². The smallest absolute Gasteiger partial charge is 0.277 e. The van der Waals surface area contributed by atoms with Gasteiger partial charge in [-0.25, -0.2) is 0 Å². The molecule has 0 aromatic carbocycles. The molecule has 0 aromatic rings. The van der Waals surface area contributed by atoms with Gasteiger partial charge in [-0.2, -0.15) is 0 Å². The summed E-state index contributed by atoms with van der Waals surface area (Å²) in [5.41, 5.74) is 0. The van der Waals surface area contributed by atoms with E-state index in [1.807, 2.05) is 0 Å². The van der Waals surface area contributed by atoms with Crippen molar-refractivity contribution in [2.75, 3.05) is 5.75 Å². The zero-order valence-corrected chi connectivity index (χ0v) is 7.23. The molecule has 0 heterocycles. The van der Waals surface area contributed by atoms with Gasteiger partial charge in [-0.05, 0) is 22.5 Å². The first kappa shape index (κ1) is 8.90. The van der Waals surface area contributed by atoms with E-state index in [0.29, 0.717) is 5.75 Å². The lowest BCUT2D eigenvalue weighted by Gasteiger charge is -1.93. The maximum absolute atomic E-state index is 10.4. The number of halogens is 2. The molecule has 8 heavy (non-hydrogen) atoms. The largest absolute Gasteiger partial charge is 0.307 e. The number of hydrogen-bond donors (Lipinski definition) is 0. The first-order valence-electron chi connectivity index (χ1n) is 1.81. The molecule has 0 aliphatic rings. The third-order valence-corrected chi connectivity index (χ3v) is 4.13. The third kappa shape index (κ3) is 6.90. The topological polar surface area (TPSA) is 17.1 Å². The molecule has 0 unspecified atom stereocenters. The summed E-state index contributed by atoms with van der Waals surface area (Å²) in [6, 6.07) is 0. The lowest BCUT2D eigenvalue weighted by Crippen LogP contribution is -1.59. The van der Waals surface area contributed by atoms with Crippen LogP contribution in [-0.2, 0) is 4.57 Å². The van der Waals surface area contributed by atoms with Crippen LogP contribution in [0.2, 0.25) is 0 Å². The lowest BCUT2D eigenvalue weighted by atomic mass is 10.8. The molecule has 0 fully saturated rings. The second-order valence-corrected chi connectivity index (χ2v) is 9.31. The van der Waals surface area contributed by atoms with Gasteiger partial charge in [-0.3, -0.25) is 4.57 Å². The highest BCUT2D eigenvalue weighted by molar-refractivity contribution is 8.72. The number of rotatable bonds is 3. The van der Waals surface area contributed by atoms with Crippen LogP contribution in [0.25, 0.3) is 0 Å². The fourth-order valence-electron chi connectivity index (χ4n) is 0.139. The fraction of sp³-hybridized carbons (Fsp3) is 0.333. The molecular weight excluding hydrogens is 186 g/mol. The Morgan fingerprint density at radius 1 is 1.75 bits per heavy atom.